The van der Waals surface area contributed by atoms with Crippen LogP contribution in [0.1, 0.15) is 25.0 Å². The van der Waals surface area contributed by atoms with Crippen molar-refractivity contribution in [2.45, 2.75) is 26.0 Å². The molecule has 0 unspecified atom stereocenters. The van der Waals surface area contributed by atoms with Crippen molar-refractivity contribution in [3.63, 3.8) is 0 Å². The van der Waals surface area contributed by atoms with Gasteiger partial charge < -0.3 is 15.2 Å². The van der Waals surface area contributed by atoms with E-state index in [0.717, 1.165) is 11.1 Å². The first-order valence-electron chi connectivity index (χ1n) is 7.31. The largest absolute Gasteiger partial charge is 0.484 e. The highest BCUT2D eigenvalue weighted by molar-refractivity contribution is 6.30. The molecule has 0 aliphatic heterocycles. The third-order valence-corrected chi connectivity index (χ3v) is 3.59. The lowest BCUT2D eigenvalue weighted by molar-refractivity contribution is -0.123. The average Bonchev–Trinajstić information content (AvgIpc) is 2.52. The minimum absolute atomic E-state index is 0.0522. The minimum Gasteiger partial charge on any atom is -0.484 e. The Morgan fingerprint density at radius 1 is 1.13 bits per heavy atom. The number of halogens is 1. The van der Waals surface area contributed by atoms with Crippen molar-refractivity contribution in [3.05, 3.63) is 64.7 Å². The van der Waals surface area contributed by atoms with Crippen molar-refractivity contribution in [3.8, 4) is 5.75 Å². The Kier molecular flexibility index (Phi) is 5.64. The van der Waals surface area contributed by atoms with E-state index in [1.165, 1.54) is 0 Å². The Bertz CT molecular complexity index is 645. The van der Waals surface area contributed by atoms with Crippen LogP contribution in [0.4, 0.5) is 0 Å². The van der Waals surface area contributed by atoms with Crippen molar-refractivity contribution in [1.29, 1.82) is 0 Å². The van der Waals surface area contributed by atoms with Gasteiger partial charge in [0.15, 0.2) is 6.61 Å². The van der Waals surface area contributed by atoms with Crippen molar-refractivity contribution in [2.24, 2.45) is 0 Å². The second-order valence-electron chi connectivity index (χ2n) is 5.78. The topological polar surface area (TPSA) is 58.6 Å². The molecule has 0 bridgehead atoms. The van der Waals surface area contributed by atoms with Crippen LogP contribution in [-0.2, 0) is 16.9 Å². The Morgan fingerprint density at radius 2 is 1.74 bits per heavy atom. The Hall–Kier alpha value is -2.04. The van der Waals surface area contributed by atoms with Crippen LogP contribution in [0.25, 0.3) is 0 Å². The summed E-state index contributed by atoms with van der Waals surface area (Å²) in [5.74, 6) is 0.394. The van der Waals surface area contributed by atoms with Gasteiger partial charge in [-0.2, -0.15) is 0 Å². The van der Waals surface area contributed by atoms with E-state index in [-0.39, 0.29) is 12.5 Å². The Labute approximate surface area is 141 Å². The van der Waals surface area contributed by atoms with E-state index < -0.39 is 5.60 Å². The van der Waals surface area contributed by atoms with Crippen molar-refractivity contribution >= 4 is 17.5 Å². The summed E-state index contributed by atoms with van der Waals surface area (Å²) in [5, 5.41) is 13.3. The minimum atomic E-state index is -0.867. The summed E-state index contributed by atoms with van der Waals surface area (Å²) in [7, 11) is 0. The molecule has 2 aromatic rings. The number of hydrogen-bond donors (Lipinski definition) is 2. The van der Waals surface area contributed by atoms with Gasteiger partial charge in [0.05, 0.1) is 5.60 Å². The van der Waals surface area contributed by atoms with Crippen LogP contribution in [0.3, 0.4) is 0 Å². The summed E-state index contributed by atoms with van der Waals surface area (Å²) in [5.41, 5.74) is 0.922. The van der Waals surface area contributed by atoms with Crippen molar-refractivity contribution in [2.75, 3.05) is 6.61 Å². The Balaban J connectivity index is 1.79. The highest BCUT2D eigenvalue weighted by Crippen LogP contribution is 2.19. The van der Waals surface area contributed by atoms with Crippen molar-refractivity contribution < 1.29 is 14.6 Å². The lowest BCUT2D eigenvalue weighted by Gasteiger charge is -2.18. The molecule has 0 spiro atoms. The molecule has 0 aliphatic carbocycles. The molecular formula is C18H20ClNO3. The van der Waals surface area contributed by atoms with Crippen LogP contribution in [0.15, 0.2) is 48.5 Å². The predicted molar refractivity (Wildman–Crippen MR) is 90.5 cm³/mol. The zero-order valence-corrected chi connectivity index (χ0v) is 13.9. The van der Waals surface area contributed by atoms with Crippen LogP contribution < -0.4 is 10.1 Å². The van der Waals surface area contributed by atoms with E-state index in [4.69, 9.17) is 16.3 Å². The number of hydrogen-bond acceptors (Lipinski definition) is 3. The number of carbonyl (C=O) groups excluding carboxylic acids is 1. The first-order chi connectivity index (χ1) is 10.8. The molecule has 0 radical (unpaired) electrons. The maximum Gasteiger partial charge on any atom is 0.258 e. The van der Waals surface area contributed by atoms with Gasteiger partial charge in [0.2, 0.25) is 0 Å². The second kappa shape index (κ2) is 7.49. The second-order valence-corrected chi connectivity index (χ2v) is 6.21. The molecule has 0 aliphatic rings. The third kappa shape index (κ3) is 5.58. The average molecular weight is 334 g/mol. The van der Waals surface area contributed by atoms with E-state index >= 15 is 0 Å². The van der Waals surface area contributed by atoms with Gasteiger partial charge in [0.1, 0.15) is 5.75 Å². The molecule has 122 valence electrons. The van der Waals surface area contributed by atoms with Crippen LogP contribution in [-0.4, -0.2) is 17.6 Å². The maximum atomic E-state index is 11.8. The molecule has 2 rings (SSSR count). The fourth-order valence-corrected chi connectivity index (χ4v) is 2.09. The summed E-state index contributed by atoms with van der Waals surface area (Å²) in [4.78, 5) is 11.8. The van der Waals surface area contributed by atoms with Gasteiger partial charge in [-0.05, 0) is 49.2 Å². The van der Waals surface area contributed by atoms with Gasteiger partial charge in [-0.3, -0.25) is 4.79 Å². The Morgan fingerprint density at radius 3 is 2.30 bits per heavy atom. The monoisotopic (exact) mass is 333 g/mol. The van der Waals surface area contributed by atoms with E-state index in [9.17, 15) is 9.90 Å². The number of amides is 1. The molecule has 2 N–H and O–H groups in total. The normalized spacial score (nSPS) is 11.1. The van der Waals surface area contributed by atoms with Crippen molar-refractivity contribution in [1.82, 2.24) is 5.32 Å². The van der Waals surface area contributed by atoms with E-state index in [1.54, 1.807) is 38.1 Å². The number of rotatable bonds is 6. The number of aliphatic hydroxyl groups is 1. The first kappa shape index (κ1) is 17.3. The molecule has 23 heavy (non-hydrogen) atoms. The molecule has 2 aromatic carbocycles. The molecule has 0 aromatic heterocycles. The van der Waals surface area contributed by atoms with E-state index in [2.05, 4.69) is 5.32 Å². The molecule has 1 amide bonds. The van der Waals surface area contributed by atoms with Gasteiger partial charge >= 0.3 is 0 Å². The highest BCUT2D eigenvalue weighted by atomic mass is 35.5. The van der Waals surface area contributed by atoms with Crippen LogP contribution in [0, 0.1) is 0 Å². The van der Waals surface area contributed by atoms with Crippen LogP contribution >= 0.6 is 11.6 Å². The number of carbonyl (C=O) groups is 1. The molecule has 5 heteroatoms. The fourth-order valence-electron chi connectivity index (χ4n) is 1.96. The summed E-state index contributed by atoms with van der Waals surface area (Å²) in [6.07, 6.45) is 0. The molecule has 0 fully saturated rings. The molecule has 0 heterocycles. The molecule has 0 saturated carbocycles. The molecule has 4 nitrogen and oxygen atoms in total. The quantitative estimate of drug-likeness (QED) is 0.853. The fraction of sp³-hybridized carbons (Fsp3) is 0.278. The molecule has 0 saturated heterocycles. The standard InChI is InChI=1S/C18H20ClNO3/c1-18(2,22)14-5-3-13(4-6-14)11-20-17(21)12-23-16-9-7-15(19)8-10-16/h3-10,22H,11-12H2,1-2H3,(H,20,21). The highest BCUT2D eigenvalue weighted by Gasteiger charge is 2.15. The first-order valence-corrected chi connectivity index (χ1v) is 7.69. The van der Waals surface area contributed by atoms with Gasteiger partial charge in [0, 0.05) is 11.6 Å². The third-order valence-electron chi connectivity index (χ3n) is 3.33. The smallest absolute Gasteiger partial charge is 0.258 e. The SMILES string of the molecule is CC(C)(O)c1ccc(CNC(=O)COc2ccc(Cl)cc2)cc1. The predicted octanol–water partition coefficient (Wildman–Crippen LogP) is 3.26. The van der Waals surface area contributed by atoms with Crippen LogP contribution in [0.5, 0.6) is 5.75 Å². The summed E-state index contributed by atoms with van der Waals surface area (Å²) in [6.45, 7) is 3.83. The maximum absolute atomic E-state index is 11.8. The van der Waals surface area contributed by atoms with Gasteiger partial charge in [0.25, 0.3) is 5.91 Å². The van der Waals surface area contributed by atoms with Crippen LogP contribution in [0.2, 0.25) is 5.02 Å². The zero-order valence-electron chi connectivity index (χ0n) is 13.2. The summed E-state index contributed by atoms with van der Waals surface area (Å²) in [6, 6.07) is 14.3. The summed E-state index contributed by atoms with van der Waals surface area (Å²) < 4.78 is 5.37. The van der Waals surface area contributed by atoms with E-state index in [0.29, 0.717) is 17.3 Å². The van der Waals surface area contributed by atoms with Gasteiger partial charge in [-0.15, -0.1) is 0 Å². The number of nitrogens with one attached hydrogen (secondary N) is 1. The number of benzene rings is 2. The lowest BCUT2D eigenvalue weighted by atomic mass is 9.97. The zero-order chi connectivity index (χ0) is 16.9. The van der Waals surface area contributed by atoms with Gasteiger partial charge in [-0.1, -0.05) is 35.9 Å². The molecule has 0 atom stereocenters. The van der Waals surface area contributed by atoms with E-state index in [1.807, 2.05) is 24.3 Å². The summed E-state index contributed by atoms with van der Waals surface area (Å²) >= 11 is 5.78. The molecular weight excluding hydrogens is 314 g/mol. The number of ether oxygens (including phenoxy) is 1. The van der Waals surface area contributed by atoms with Gasteiger partial charge in [-0.25, -0.2) is 0 Å². The lowest BCUT2D eigenvalue weighted by Crippen LogP contribution is -2.28.